The molecule has 0 bridgehead atoms. The smallest absolute Gasteiger partial charge is 0.223 e. The molecule has 2 nitrogen and oxygen atoms in total. The van der Waals surface area contributed by atoms with Crippen molar-refractivity contribution in [3.05, 3.63) is 33.8 Å². The van der Waals surface area contributed by atoms with Crippen molar-refractivity contribution in [2.45, 2.75) is 25.8 Å². The van der Waals surface area contributed by atoms with Crippen LogP contribution in [0.1, 0.15) is 31.4 Å². The number of carbonyl (C=O) groups is 1. The number of amides is 1. The molecular weight excluding hydrogens is 245 g/mol. The van der Waals surface area contributed by atoms with Crippen LogP contribution in [0.3, 0.4) is 0 Å². The number of hydrogen-bond acceptors (Lipinski definition) is 1. The highest BCUT2D eigenvalue weighted by molar-refractivity contribution is 6.35. The van der Waals surface area contributed by atoms with E-state index in [1.165, 1.54) is 0 Å². The summed E-state index contributed by atoms with van der Waals surface area (Å²) in [5.74, 6) is 0.340. The minimum Gasteiger partial charge on any atom is -0.349 e. The van der Waals surface area contributed by atoms with Gasteiger partial charge in [0, 0.05) is 16.0 Å². The molecule has 1 fully saturated rings. The van der Waals surface area contributed by atoms with Crippen LogP contribution < -0.4 is 5.32 Å². The molecule has 0 aromatic heterocycles. The maximum atomic E-state index is 11.6. The van der Waals surface area contributed by atoms with Crippen LogP contribution in [0, 0.1) is 5.92 Å². The number of benzene rings is 1. The van der Waals surface area contributed by atoms with Crippen molar-refractivity contribution in [1.29, 1.82) is 0 Å². The molecule has 2 rings (SSSR count). The van der Waals surface area contributed by atoms with Crippen molar-refractivity contribution < 1.29 is 4.79 Å². The lowest BCUT2D eigenvalue weighted by Crippen LogP contribution is -2.28. The van der Waals surface area contributed by atoms with Crippen LogP contribution in [0.5, 0.6) is 0 Å². The quantitative estimate of drug-likeness (QED) is 0.882. The Kier molecular flexibility index (Phi) is 3.41. The van der Waals surface area contributed by atoms with E-state index in [4.69, 9.17) is 23.2 Å². The normalized spacial score (nSPS) is 16.9. The van der Waals surface area contributed by atoms with E-state index in [1.807, 2.05) is 13.0 Å². The summed E-state index contributed by atoms with van der Waals surface area (Å²) in [5, 5.41) is 4.15. The Morgan fingerprint density at radius 2 is 2.12 bits per heavy atom. The number of halogens is 2. The number of nitrogens with one attached hydrogen (secondary N) is 1. The highest BCUT2D eigenvalue weighted by Gasteiger charge is 2.30. The summed E-state index contributed by atoms with van der Waals surface area (Å²) in [6.45, 7) is 1.93. The molecule has 4 heteroatoms. The van der Waals surface area contributed by atoms with E-state index in [1.54, 1.807) is 12.1 Å². The zero-order valence-corrected chi connectivity index (χ0v) is 10.5. The fourth-order valence-electron chi connectivity index (χ4n) is 1.61. The molecule has 1 aliphatic carbocycles. The first kappa shape index (κ1) is 11.7. The molecule has 1 unspecified atom stereocenters. The molecule has 1 amide bonds. The van der Waals surface area contributed by atoms with Crippen LogP contribution in [0.15, 0.2) is 18.2 Å². The van der Waals surface area contributed by atoms with E-state index >= 15 is 0 Å². The second-order valence-electron chi connectivity index (χ2n) is 4.17. The molecule has 1 aromatic carbocycles. The Bertz CT molecular complexity index is 415. The van der Waals surface area contributed by atoms with Gasteiger partial charge in [-0.25, -0.2) is 0 Å². The van der Waals surface area contributed by atoms with Crippen molar-refractivity contribution >= 4 is 29.1 Å². The summed E-state index contributed by atoms with van der Waals surface area (Å²) in [7, 11) is 0. The third kappa shape index (κ3) is 2.69. The third-order valence-electron chi connectivity index (χ3n) is 2.74. The molecule has 1 aromatic rings. The number of rotatable bonds is 3. The topological polar surface area (TPSA) is 29.1 Å². The molecule has 16 heavy (non-hydrogen) atoms. The van der Waals surface area contributed by atoms with Gasteiger partial charge in [-0.1, -0.05) is 29.3 Å². The maximum Gasteiger partial charge on any atom is 0.223 e. The van der Waals surface area contributed by atoms with Crippen LogP contribution in [-0.2, 0) is 4.79 Å². The molecule has 0 heterocycles. The Hall–Kier alpha value is -0.730. The fraction of sp³-hybridized carbons (Fsp3) is 0.417. The van der Waals surface area contributed by atoms with Gasteiger partial charge in [-0.3, -0.25) is 4.79 Å². The van der Waals surface area contributed by atoms with Crippen molar-refractivity contribution in [2.75, 3.05) is 0 Å². The highest BCUT2D eigenvalue weighted by atomic mass is 35.5. The van der Waals surface area contributed by atoms with Gasteiger partial charge in [0.05, 0.1) is 6.04 Å². The summed E-state index contributed by atoms with van der Waals surface area (Å²) in [6.07, 6.45) is 2.01. The van der Waals surface area contributed by atoms with Crippen LogP contribution in [0.25, 0.3) is 0 Å². The van der Waals surface area contributed by atoms with Gasteiger partial charge >= 0.3 is 0 Å². The van der Waals surface area contributed by atoms with Gasteiger partial charge in [-0.2, -0.15) is 0 Å². The van der Waals surface area contributed by atoms with Crippen molar-refractivity contribution in [2.24, 2.45) is 5.92 Å². The van der Waals surface area contributed by atoms with Crippen LogP contribution in [-0.4, -0.2) is 5.91 Å². The SMILES string of the molecule is CC(NC(=O)C1CC1)c1ccc(Cl)cc1Cl. The predicted molar refractivity (Wildman–Crippen MR) is 65.7 cm³/mol. The Labute approximate surface area is 105 Å². The molecular formula is C12H13Cl2NO. The molecule has 1 saturated carbocycles. The average Bonchev–Trinajstić information content (AvgIpc) is 2.99. The number of hydrogen-bond donors (Lipinski definition) is 1. The van der Waals surface area contributed by atoms with Crippen molar-refractivity contribution in [1.82, 2.24) is 5.32 Å². The Morgan fingerprint density at radius 1 is 1.44 bits per heavy atom. The maximum absolute atomic E-state index is 11.6. The fourth-order valence-corrected chi connectivity index (χ4v) is 2.18. The van der Waals surface area contributed by atoms with E-state index in [2.05, 4.69) is 5.32 Å². The minimum absolute atomic E-state index is 0.0714. The molecule has 86 valence electrons. The molecule has 1 aliphatic rings. The average molecular weight is 258 g/mol. The first-order chi connectivity index (χ1) is 7.58. The van der Waals surface area contributed by atoms with E-state index in [0.717, 1.165) is 18.4 Å². The first-order valence-corrected chi connectivity index (χ1v) is 6.09. The second kappa shape index (κ2) is 4.64. The van der Waals surface area contributed by atoms with Gasteiger partial charge in [-0.15, -0.1) is 0 Å². The lowest BCUT2D eigenvalue weighted by Gasteiger charge is -2.15. The molecule has 1 atom stereocenters. The standard InChI is InChI=1S/C12H13Cl2NO/c1-7(15-12(16)8-2-3-8)10-5-4-9(13)6-11(10)14/h4-8H,2-3H2,1H3,(H,15,16). The summed E-state index contributed by atoms with van der Waals surface area (Å²) in [6, 6.07) is 5.25. The van der Waals surface area contributed by atoms with Gasteiger partial charge in [0.1, 0.15) is 0 Å². The van der Waals surface area contributed by atoms with Gasteiger partial charge in [-0.05, 0) is 37.5 Å². The summed E-state index contributed by atoms with van der Waals surface area (Å²) in [5.41, 5.74) is 0.903. The second-order valence-corrected chi connectivity index (χ2v) is 5.01. The molecule has 0 radical (unpaired) electrons. The Balaban J connectivity index is 2.07. The van der Waals surface area contributed by atoms with Gasteiger partial charge in [0.15, 0.2) is 0 Å². The largest absolute Gasteiger partial charge is 0.349 e. The van der Waals surface area contributed by atoms with Gasteiger partial charge in [0.2, 0.25) is 5.91 Å². The van der Waals surface area contributed by atoms with Crippen LogP contribution in [0.2, 0.25) is 10.0 Å². The van der Waals surface area contributed by atoms with Gasteiger partial charge < -0.3 is 5.32 Å². The van der Waals surface area contributed by atoms with E-state index in [0.29, 0.717) is 10.0 Å². The summed E-state index contributed by atoms with van der Waals surface area (Å²) < 4.78 is 0. The van der Waals surface area contributed by atoms with E-state index in [-0.39, 0.29) is 17.9 Å². The molecule has 0 aliphatic heterocycles. The van der Waals surface area contributed by atoms with Crippen LogP contribution >= 0.6 is 23.2 Å². The first-order valence-electron chi connectivity index (χ1n) is 5.33. The van der Waals surface area contributed by atoms with Crippen molar-refractivity contribution in [3.8, 4) is 0 Å². The zero-order chi connectivity index (χ0) is 11.7. The van der Waals surface area contributed by atoms with Crippen molar-refractivity contribution in [3.63, 3.8) is 0 Å². The lowest BCUT2D eigenvalue weighted by atomic mass is 10.1. The monoisotopic (exact) mass is 257 g/mol. The lowest BCUT2D eigenvalue weighted by molar-refractivity contribution is -0.122. The molecule has 1 N–H and O–H groups in total. The summed E-state index contributed by atoms with van der Waals surface area (Å²) in [4.78, 5) is 11.6. The molecule has 0 spiro atoms. The van der Waals surface area contributed by atoms with Crippen LogP contribution in [0.4, 0.5) is 0 Å². The predicted octanol–water partition coefficient (Wildman–Crippen LogP) is 3.58. The minimum atomic E-state index is -0.0714. The summed E-state index contributed by atoms with van der Waals surface area (Å²) >= 11 is 11.9. The third-order valence-corrected chi connectivity index (χ3v) is 3.30. The number of carbonyl (C=O) groups excluding carboxylic acids is 1. The Morgan fingerprint density at radius 3 is 2.69 bits per heavy atom. The molecule has 0 saturated heterocycles. The zero-order valence-electron chi connectivity index (χ0n) is 8.97. The van der Waals surface area contributed by atoms with Gasteiger partial charge in [0.25, 0.3) is 0 Å². The van der Waals surface area contributed by atoms with E-state index < -0.39 is 0 Å². The highest BCUT2D eigenvalue weighted by Crippen LogP contribution is 2.31. The van der Waals surface area contributed by atoms with E-state index in [9.17, 15) is 4.79 Å².